The van der Waals surface area contributed by atoms with Gasteiger partial charge in [-0.15, -0.1) is 0 Å². The van der Waals surface area contributed by atoms with E-state index in [0.29, 0.717) is 17.1 Å². The first-order valence-electron chi connectivity index (χ1n) is 15.7. The van der Waals surface area contributed by atoms with Crippen molar-refractivity contribution in [3.05, 3.63) is 168 Å². The van der Waals surface area contributed by atoms with Crippen LogP contribution in [0.4, 0.5) is 0 Å². The Bertz CT molecular complexity index is 1670. The second-order valence-electron chi connectivity index (χ2n) is 11.9. The van der Waals surface area contributed by atoms with Gasteiger partial charge in [-0.25, -0.2) is 0 Å². The average Bonchev–Trinajstić information content (AvgIpc) is 3.67. The smallest absolute Gasteiger partial charge is 0.259 e. The van der Waals surface area contributed by atoms with Crippen LogP contribution < -0.4 is 10.6 Å². The molecule has 44 heavy (non-hydrogen) atoms. The van der Waals surface area contributed by atoms with Gasteiger partial charge in [-0.1, -0.05) is 146 Å². The molecule has 5 atom stereocenters. The van der Waals surface area contributed by atoms with Crippen molar-refractivity contribution < 1.29 is 4.79 Å². The fourth-order valence-electron chi connectivity index (χ4n) is 7.24. The van der Waals surface area contributed by atoms with E-state index >= 15 is 0 Å². The van der Waals surface area contributed by atoms with Crippen molar-refractivity contribution in [1.29, 1.82) is 0 Å². The first kappa shape index (κ1) is 28.4. The van der Waals surface area contributed by atoms with Crippen LogP contribution in [0.15, 0.2) is 157 Å². The van der Waals surface area contributed by atoms with Gasteiger partial charge >= 0.3 is 0 Å². The summed E-state index contributed by atoms with van der Waals surface area (Å²) in [5.41, 5.74) is 3.30. The number of aliphatic imine (C=N–C) groups is 1. The molecule has 1 fully saturated rings. The van der Waals surface area contributed by atoms with Crippen LogP contribution in [0.1, 0.15) is 53.3 Å². The van der Waals surface area contributed by atoms with Crippen molar-refractivity contribution in [3.63, 3.8) is 0 Å². The van der Waals surface area contributed by atoms with Gasteiger partial charge in [0.05, 0.1) is 6.04 Å². The Balaban J connectivity index is 1.40. The lowest BCUT2D eigenvalue weighted by atomic mass is 9.93. The maximum atomic E-state index is 14.7. The van der Waals surface area contributed by atoms with Crippen LogP contribution in [0.2, 0.25) is 0 Å². The van der Waals surface area contributed by atoms with E-state index in [0.717, 1.165) is 29.8 Å². The average molecular weight is 593 g/mol. The molecule has 1 saturated carbocycles. The molecule has 1 amide bonds. The lowest BCUT2D eigenvalue weighted by Gasteiger charge is -2.36. The Morgan fingerprint density at radius 1 is 0.636 bits per heavy atom. The summed E-state index contributed by atoms with van der Waals surface area (Å²) in [6.45, 7) is 2.41. The highest BCUT2D eigenvalue weighted by atomic mass is 31.1. The summed E-state index contributed by atoms with van der Waals surface area (Å²) in [5, 5.41) is 2.77. The monoisotopic (exact) mass is 592 g/mol. The molecule has 0 saturated heterocycles. The van der Waals surface area contributed by atoms with Crippen molar-refractivity contribution in [2.45, 2.75) is 37.5 Å². The third kappa shape index (κ3) is 5.42. The highest BCUT2D eigenvalue weighted by molar-refractivity contribution is 7.73. The summed E-state index contributed by atoms with van der Waals surface area (Å²) in [7, 11) is -0.695. The van der Waals surface area contributed by atoms with Crippen molar-refractivity contribution >= 4 is 30.3 Å². The molecule has 2 aliphatic rings. The van der Waals surface area contributed by atoms with Crippen LogP contribution in [0.3, 0.4) is 0 Å². The number of rotatable bonds is 7. The molecule has 5 aromatic rings. The molecule has 7 rings (SSSR count). The Labute approximate surface area is 262 Å². The van der Waals surface area contributed by atoms with Crippen LogP contribution in [-0.2, 0) is 0 Å². The predicted molar refractivity (Wildman–Crippen MR) is 183 cm³/mol. The third-order valence-electron chi connectivity index (χ3n) is 9.24. The van der Waals surface area contributed by atoms with Crippen LogP contribution >= 0.6 is 7.92 Å². The second kappa shape index (κ2) is 12.7. The number of benzene rings is 5. The molecule has 2 unspecified atom stereocenters. The minimum atomic E-state index is -0.695. The van der Waals surface area contributed by atoms with Crippen molar-refractivity contribution in [1.82, 2.24) is 4.90 Å². The molecule has 1 heterocycles. The van der Waals surface area contributed by atoms with E-state index in [1.54, 1.807) is 0 Å². The number of hydrogen-bond acceptors (Lipinski definition) is 2. The number of nitrogens with zero attached hydrogens (tertiary/aromatic N) is 2. The standard InChI is InChI=1S/C40H37N2OP/c1-29-27-28-35(38(29)44(33-23-13-5-14-24-33)34-25-15-6-16-26-34)39-41-36(30-17-7-2-8-18-30)37(31-19-9-3-10-20-31)42(39)40(43)32-21-11-4-12-22-32/h2-26,29,35-38H,27-28H2,1H3/t29-,35?,36-,37-,38?/m0/s1. The van der Waals surface area contributed by atoms with E-state index in [2.05, 4.69) is 127 Å². The number of carbonyl (C=O) groups is 1. The lowest BCUT2D eigenvalue weighted by Crippen LogP contribution is -2.43. The Hall–Kier alpha value is -4.33. The van der Waals surface area contributed by atoms with Crippen molar-refractivity contribution in [2.75, 3.05) is 0 Å². The van der Waals surface area contributed by atoms with Gasteiger partial charge in [-0.2, -0.15) is 0 Å². The van der Waals surface area contributed by atoms with Gasteiger partial charge in [0.1, 0.15) is 11.9 Å². The Kier molecular flexibility index (Phi) is 8.22. The van der Waals surface area contributed by atoms with Crippen LogP contribution in [0.5, 0.6) is 0 Å². The van der Waals surface area contributed by atoms with Gasteiger partial charge < -0.3 is 0 Å². The predicted octanol–water partition coefficient (Wildman–Crippen LogP) is 8.57. The molecule has 1 aliphatic heterocycles. The quantitative estimate of drug-likeness (QED) is 0.174. The van der Waals surface area contributed by atoms with Gasteiger partial charge in [0, 0.05) is 11.5 Å². The molecule has 1 aliphatic carbocycles. The van der Waals surface area contributed by atoms with E-state index < -0.39 is 7.92 Å². The molecule has 0 bridgehead atoms. The van der Waals surface area contributed by atoms with E-state index in [9.17, 15) is 4.79 Å². The summed E-state index contributed by atoms with van der Waals surface area (Å²) in [6, 6.07) is 52.4. The van der Waals surface area contributed by atoms with Crippen molar-refractivity contribution in [2.24, 2.45) is 16.8 Å². The number of amides is 1. The van der Waals surface area contributed by atoms with E-state index in [1.807, 2.05) is 36.4 Å². The lowest BCUT2D eigenvalue weighted by molar-refractivity contribution is 0.0798. The Morgan fingerprint density at radius 2 is 1.11 bits per heavy atom. The zero-order valence-corrected chi connectivity index (χ0v) is 25.9. The molecular weight excluding hydrogens is 555 g/mol. The van der Waals surface area contributed by atoms with Gasteiger partial charge in [-0.3, -0.25) is 14.7 Å². The van der Waals surface area contributed by atoms with E-state index in [4.69, 9.17) is 4.99 Å². The maximum absolute atomic E-state index is 14.7. The van der Waals surface area contributed by atoms with Crippen molar-refractivity contribution in [3.8, 4) is 0 Å². The fraction of sp³-hybridized carbons (Fsp3) is 0.200. The highest BCUT2D eigenvalue weighted by Gasteiger charge is 2.50. The second-order valence-corrected chi connectivity index (χ2v) is 14.3. The largest absolute Gasteiger partial charge is 0.286 e. The highest BCUT2D eigenvalue weighted by Crippen LogP contribution is 2.55. The van der Waals surface area contributed by atoms with Crippen LogP contribution in [-0.4, -0.2) is 22.3 Å². The number of hydrogen-bond donors (Lipinski definition) is 0. The van der Waals surface area contributed by atoms with E-state index in [1.165, 1.54) is 10.6 Å². The van der Waals surface area contributed by atoms with Crippen LogP contribution in [0.25, 0.3) is 0 Å². The Morgan fingerprint density at radius 3 is 1.66 bits per heavy atom. The molecule has 0 N–H and O–H groups in total. The molecule has 0 radical (unpaired) electrons. The summed E-state index contributed by atoms with van der Waals surface area (Å²) in [5.74, 6) is 1.63. The topological polar surface area (TPSA) is 32.7 Å². The van der Waals surface area contributed by atoms with Gasteiger partial charge in [0.25, 0.3) is 5.91 Å². The zero-order chi connectivity index (χ0) is 29.9. The van der Waals surface area contributed by atoms with Gasteiger partial charge in [0.2, 0.25) is 0 Å². The molecule has 0 spiro atoms. The SMILES string of the molecule is C[C@H]1CCC(C2=N[C@@H](c3ccccc3)[C@H](c3ccccc3)N2C(=O)c2ccccc2)C1P(c1ccccc1)c1ccccc1. The molecule has 5 aromatic carbocycles. The third-order valence-corrected chi connectivity index (χ3v) is 12.4. The molecular formula is C40H37N2OP. The molecule has 218 valence electrons. The fourth-order valence-corrected chi connectivity index (χ4v) is 10.5. The van der Waals surface area contributed by atoms with Gasteiger partial charge in [-0.05, 0) is 66.2 Å². The zero-order valence-electron chi connectivity index (χ0n) is 25.0. The maximum Gasteiger partial charge on any atom is 0.259 e. The van der Waals surface area contributed by atoms with Gasteiger partial charge in [0.15, 0.2) is 0 Å². The molecule has 4 heteroatoms. The summed E-state index contributed by atoms with van der Waals surface area (Å²) >= 11 is 0. The number of amidine groups is 1. The summed E-state index contributed by atoms with van der Waals surface area (Å²) in [4.78, 5) is 22.4. The van der Waals surface area contributed by atoms with E-state index in [-0.39, 0.29) is 23.9 Å². The first-order valence-corrected chi connectivity index (χ1v) is 17.1. The number of carbonyl (C=O) groups excluding carboxylic acids is 1. The summed E-state index contributed by atoms with van der Waals surface area (Å²) in [6.07, 6.45) is 2.14. The minimum absolute atomic E-state index is 0.0266. The first-order chi connectivity index (χ1) is 21.7. The minimum Gasteiger partial charge on any atom is -0.286 e. The molecule has 3 nitrogen and oxygen atoms in total. The normalized spacial score (nSPS) is 23.1. The molecule has 0 aromatic heterocycles. The summed E-state index contributed by atoms with van der Waals surface area (Å²) < 4.78 is 0. The van der Waals surface area contributed by atoms with Crippen LogP contribution in [0, 0.1) is 11.8 Å².